The second-order valence-electron chi connectivity index (χ2n) is 10.7. The van der Waals surface area contributed by atoms with Gasteiger partial charge in [-0.15, -0.1) is 10.2 Å². The number of imidazole rings is 2. The zero-order valence-corrected chi connectivity index (χ0v) is 23.2. The molecule has 218 valence electrons. The lowest BCUT2D eigenvalue weighted by Crippen LogP contribution is -2.31. The summed E-state index contributed by atoms with van der Waals surface area (Å²) in [4.78, 5) is 31.2. The molecule has 1 aliphatic carbocycles. The summed E-state index contributed by atoms with van der Waals surface area (Å²) < 4.78 is 15.0. The van der Waals surface area contributed by atoms with E-state index in [4.69, 9.17) is 19.4 Å². The van der Waals surface area contributed by atoms with Gasteiger partial charge in [-0.1, -0.05) is 12.8 Å². The summed E-state index contributed by atoms with van der Waals surface area (Å²) in [6.07, 6.45) is 6.14. The molecule has 16 nitrogen and oxygen atoms in total. The SMILES string of the molecule is CC(C)n1nnc([C@H]2O[C@@H](n3cnc4c(NC5CCCC5)nc(NCCc5cn(C)cn5)nc43)[C@H](O)[C@@H]2OC=O)n1. The normalized spacial score (nSPS) is 23.0. The molecule has 2 aliphatic rings. The number of aromatic nitrogens is 10. The molecule has 16 heteroatoms. The number of aliphatic hydroxyl groups is 1. The van der Waals surface area contributed by atoms with E-state index in [-0.39, 0.29) is 24.4 Å². The van der Waals surface area contributed by atoms with E-state index >= 15 is 0 Å². The number of nitrogens with one attached hydrogen (secondary N) is 2. The van der Waals surface area contributed by atoms with Crippen LogP contribution in [0.15, 0.2) is 18.9 Å². The third-order valence-corrected chi connectivity index (χ3v) is 7.40. The molecular weight excluding hydrogens is 532 g/mol. The number of carbonyl (C=O) groups is 1. The molecule has 4 aromatic rings. The second kappa shape index (κ2) is 11.4. The van der Waals surface area contributed by atoms with Crippen molar-refractivity contribution in [1.29, 1.82) is 0 Å². The predicted molar refractivity (Wildman–Crippen MR) is 145 cm³/mol. The van der Waals surface area contributed by atoms with Crippen molar-refractivity contribution in [1.82, 2.24) is 49.3 Å². The molecule has 0 amide bonds. The van der Waals surface area contributed by atoms with Gasteiger partial charge < -0.3 is 29.8 Å². The second-order valence-corrected chi connectivity index (χ2v) is 10.7. The minimum atomic E-state index is -1.25. The van der Waals surface area contributed by atoms with Gasteiger partial charge in [-0.05, 0) is 31.9 Å². The molecule has 0 aromatic carbocycles. The van der Waals surface area contributed by atoms with Crippen molar-refractivity contribution in [3.05, 3.63) is 30.4 Å². The van der Waals surface area contributed by atoms with E-state index in [1.165, 1.54) is 4.80 Å². The number of anilines is 2. The van der Waals surface area contributed by atoms with Gasteiger partial charge in [-0.2, -0.15) is 14.8 Å². The van der Waals surface area contributed by atoms with Gasteiger partial charge in [0.1, 0.15) is 6.10 Å². The highest BCUT2D eigenvalue weighted by Gasteiger charge is 2.49. The molecule has 1 saturated carbocycles. The van der Waals surface area contributed by atoms with Crippen molar-refractivity contribution < 1.29 is 19.4 Å². The maximum absolute atomic E-state index is 11.3. The van der Waals surface area contributed by atoms with Crippen molar-refractivity contribution >= 4 is 29.4 Å². The minimum absolute atomic E-state index is 0.0347. The van der Waals surface area contributed by atoms with E-state index in [0.29, 0.717) is 35.9 Å². The number of aryl methyl sites for hydroxylation is 1. The van der Waals surface area contributed by atoms with Crippen LogP contribution in [0.25, 0.3) is 11.2 Å². The molecule has 3 N–H and O–H groups in total. The molecule has 4 atom stereocenters. The van der Waals surface area contributed by atoms with Gasteiger partial charge >= 0.3 is 0 Å². The van der Waals surface area contributed by atoms with Crippen molar-refractivity contribution in [3.8, 4) is 0 Å². The maximum Gasteiger partial charge on any atom is 0.293 e. The standard InChI is InChI=1S/C25H34N12O4/c1-14(2)37-33-22(32-34-37)20-19(40-13-38)18(39)24(41-20)36-12-28-17-21(29-15-6-4-5-7-15)30-25(31-23(17)36)26-9-8-16-10-35(3)11-27-16/h10-15,18-20,24,39H,4-9H2,1-3H3,(H2,26,29,30,31)/t18-,19+,20+,24-/m1/s1. The average Bonchev–Trinajstić information content (AvgIpc) is 3.77. The van der Waals surface area contributed by atoms with Crippen LogP contribution in [0.4, 0.5) is 11.8 Å². The van der Waals surface area contributed by atoms with Crippen molar-refractivity contribution in [2.24, 2.45) is 7.05 Å². The topological polar surface area (TPSA) is 185 Å². The van der Waals surface area contributed by atoms with Gasteiger partial charge in [0.25, 0.3) is 6.47 Å². The van der Waals surface area contributed by atoms with Gasteiger partial charge in [-0.25, -0.2) is 9.97 Å². The molecule has 41 heavy (non-hydrogen) atoms. The molecule has 1 saturated heterocycles. The van der Waals surface area contributed by atoms with Gasteiger partial charge in [0.2, 0.25) is 11.8 Å². The number of hydrogen-bond acceptors (Lipinski definition) is 13. The fourth-order valence-corrected chi connectivity index (χ4v) is 5.32. The van der Waals surface area contributed by atoms with E-state index in [1.807, 2.05) is 31.7 Å². The number of fused-ring (bicyclic) bond motifs is 1. The number of aliphatic hydroxyl groups excluding tert-OH is 1. The number of tetrazole rings is 1. The van der Waals surface area contributed by atoms with Gasteiger partial charge in [0, 0.05) is 32.3 Å². The Kier molecular flexibility index (Phi) is 7.49. The zero-order chi connectivity index (χ0) is 28.5. The molecule has 4 aromatic heterocycles. The lowest BCUT2D eigenvalue weighted by Gasteiger charge is -2.18. The fourth-order valence-electron chi connectivity index (χ4n) is 5.32. The van der Waals surface area contributed by atoms with Crippen molar-refractivity contribution in [2.75, 3.05) is 17.2 Å². The highest BCUT2D eigenvalue weighted by atomic mass is 16.6. The maximum atomic E-state index is 11.3. The third-order valence-electron chi connectivity index (χ3n) is 7.40. The van der Waals surface area contributed by atoms with Gasteiger partial charge in [0.15, 0.2) is 35.4 Å². The Bertz CT molecular complexity index is 1490. The van der Waals surface area contributed by atoms with Crippen LogP contribution in [-0.2, 0) is 27.7 Å². The Morgan fingerprint density at radius 2 is 2.05 bits per heavy atom. The summed E-state index contributed by atoms with van der Waals surface area (Å²) in [5.74, 6) is 1.21. The van der Waals surface area contributed by atoms with E-state index in [2.05, 4.69) is 36.0 Å². The minimum Gasteiger partial charge on any atom is -0.458 e. The van der Waals surface area contributed by atoms with E-state index < -0.39 is 24.5 Å². The van der Waals surface area contributed by atoms with E-state index in [9.17, 15) is 9.90 Å². The molecule has 0 unspecified atom stereocenters. The van der Waals surface area contributed by atoms with Crippen LogP contribution in [0.1, 0.15) is 69.4 Å². The third kappa shape index (κ3) is 5.44. The average molecular weight is 567 g/mol. The molecule has 5 heterocycles. The molecular formula is C25H34N12O4. The zero-order valence-electron chi connectivity index (χ0n) is 23.2. The van der Waals surface area contributed by atoms with Crippen molar-refractivity contribution in [3.63, 3.8) is 0 Å². The molecule has 0 spiro atoms. The van der Waals surface area contributed by atoms with E-state index in [0.717, 1.165) is 31.4 Å². The number of carbonyl (C=O) groups excluding carboxylic acids is 1. The summed E-state index contributed by atoms with van der Waals surface area (Å²) >= 11 is 0. The lowest BCUT2D eigenvalue weighted by molar-refractivity contribution is -0.140. The first kappa shape index (κ1) is 27.0. The molecule has 2 fully saturated rings. The van der Waals surface area contributed by atoms with Crippen LogP contribution in [0, 0.1) is 0 Å². The molecule has 0 bridgehead atoms. The van der Waals surface area contributed by atoms with Crippen LogP contribution in [-0.4, -0.2) is 85.7 Å². The summed E-state index contributed by atoms with van der Waals surface area (Å²) in [7, 11) is 1.93. The first-order chi connectivity index (χ1) is 19.9. The largest absolute Gasteiger partial charge is 0.458 e. The number of hydrogen-bond donors (Lipinski definition) is 3. The van der Waals surface area contributed by atoms with Crippen LogP contribution in [0.2, 0.25) is 0 Å². The Morgan fingerprint density at radius 1 is 1.22 bits per heavy atom. The van der Waals surface area contributed by atoms with Crippen LogP contribution >= 0.6 is 0 Å². The Labute approximate surface area is 235 Å². The molecule has 1 aliphatic heterocycles. The first-order valence-electron chi connectivity index (χ1n) is 13.8. The van der Waals surface area contributed by atoms with Crippen LogP contribution in [0.3, 0.4) is 0 Å². The summed E-state index contributed by atoms with van der Waals surface area (Å²) in [5.41, 5.74) is 1.95. The smallest absolute Gasteiger partial charge is 0.293 e. The number of rotatable bonds is 11. The van der Waals surface area contributed by atoms with Crippen LogP contribution in [0.5, 0.6) is 0 Å². The summed E-state index contributed by atoms with van der Waals surface area (Å²) in [6, 6.07) is 0.254. The van der Waals surface area contributed by atoms with Crippen molar-refractivity contribution in [2.45, 2.75) is 82.6 Å². The van der Waals surface area contributed by atoms with Crippen LogP contribution < -0.4 is 10.6 Å². The number of nitrogens with zero attached hydrogens (tertiary/aromatic N) is 10. The monoisotopic (exact) mass is 566 g/mol. The Balaban J connectivity index is 1.32. The summed E-state index contributed by atoms with van der Waals surface area (Å²) in [6.45, 7) is 4.67. The summed E-state index contributed by atoms with van der Waals surface area (Å²) in [5, 5.41) is 30.6. The lowest BCUT2D eigenvalue weighted by atomic mass is 10.1. The van der Waals surface area contributed by atoms with E-state index in [1.54, 1.807) is 17.2 Å². The fraction of sp³-hybridized carbons (Fsp3) is 0.600. The highest BCUT2D eigenvalue weighted by Crippen LogP contribution is 2.40. The van der Waals surface area contributed by atoms with Gasteiger partial charge in [-0.3, -0.25) is 9.36 Å². The Morgan fingerprint density at radius 3 is 2.76 bits per heavy atom. The predicted octanol–water partition coefficient (Wildman–Crippen LogP) is 1.31. The number of ether oxygens (including phenoxy) is 2. The first-order valence-corrected chi connectivity index (χ1v) is 13.8. The quantitative estimate of drug-likeness (QED) is 0.221. The highest BCUT2D eigenvalue weighted by molar-refractivity contribution is 5.84. The molecule has 0 radical (unpaired) electrons. The van der Waals surface area contributed by atoms with Gasteiger partial charge in [0.05, 0.1) is 24.4 Å². The Hall–Kier alpha value is -4.18. The molecule has 6 rings (SSSR count).